The van der Waals surface area contributed by atoms with E-state index in [1.165, 1.54) is 0 Å². The Labute approximate surface area is 128 Å². The molecule has 1 N–H and O–H groups in total. The summed E-state index contributed by atoms with van der Waals surface area (Å²) in [6, 6.07) is 0. The Kier molecular flexibility index (Phi) is 5.59. The Bertz CT molecular complexity index is 430. The molecule has 0 radical (unpaired) electrons. The van der Waals surface area contributed by atoms with E-state index in [9.17, 15) is 4.79 Å². The van der Waals surface area contributed by atoms with Crippen LogP contribution in [-0.4, -0.2) is 32.8 Å². The second kappa shape index (κ2) is 6.37. The molecule has 0 bridgehead atoms. The molecular formula is C12H19Cl2N3OS. The Morgan fingerprint density at radius 1 is 1.32 bits per heavy atom. The number of rotatable bonds is 5. The summed E-state index contributed by atoms with van der Waals surface area (Å²) in [5, 5.41) is 6.98. The number of amides is 1. The van der Waals surface area contributed by atoms with Gasteiger partial charge in [-0.25, -0.2) is 0 Å². The lowest BCUT2D eigenvalue weighted by atomic mass is 9.91. The summed E-state index contributed by atoms with van der Waals surface area (Å²) in [4.78, 5) is 12.9. The van der Waals surface area contributed by atoms with Crippen molar-refractivity contribution >= 4 is 40.6 Å². The lowest BCUT2D eigenvalue weighted by molar-refractivity contribution is 0.0915. The number of hydrogen-bond donors (Lipinski definition) is 1. The molecule has 0 unspecified atom stereocenters. The number of aromatic nitrogens is 2. The average Bonchev–Trinajstić information content (AvgIpc) is 2.85. The molecule has 1 aromatic rings. The van der Waals surface area contributed by atoms with Crippen molar-refractivity contribution in [1.82, 2.24) is 14.9 Å². The topological polar surface area (TPSA) is 54.9 Å². The lowest BCUT2D eigenvalue weighted by Crippen LogP contribution is -2.51. The Hall–Kier alpha value is -0.390. The van der Waals surface area contributed by atoms with E-state index in [0.29, 0.717) is 17.0 Å². The Morgan fingerprint density at radius 3 is 2.32 bits per heavy atom. The van der Waals surface area contributed by atoms with Crippen LogP contribution in [0.1, 0.15) is 49.5 Å². The summed E-state index contributed by atoms with van der Waals surface area (Å²) < 4.78 is 3.88. The third-order valence-corrected chi connectivity index (χ3v) is 4.72. The first-order valence-electron chi connectivity index (χ1n) is 6.07. The van der Waals surface area contributed by atoms with Gasteiger partial charge in [0.1, 0.15) is 4.88 Å². The quantitative estimate of drug-likeness (QED) is 0.846. The normalized spacial score (nSPS) is 12.5. The first-order valence-corrected chi connectivity index (χ1v) is 7.91. The fourth-order valence-electron chi connectivity index (χ4n) is 1.51. The standard InChI is InChI=1S/C12H19Cl2N3OS/c1-5-12(6-13,7-14)15-10(18)8-9(11(2,3)4)16-17-19-8/h5-7H2,1-4H3,(H,15,18). The van der Waals surface area contributed by atoms with Crippen molar-refractivity contribution in [2.24, 2.45) is 0 Å². The van der Waals surface area contributed by atoms with E-state index in [0.717, 1.165) is 11.5 Å². The molecule has 0 spiro atoms. The summed E-state index contributed by atoms with van der Waals surface area (Å²) in [5.41, 5.74) is -0.111. The molecule has 108 valence electrons. The van der Waals surface area contributed by atoms with Crippen molar-refractivity contribution in [2.75, 3.05) is 11.8 Å². The van der Waals surface area contributed by atoms with Crippen molar-refractivity contribution in [2.45, 2.75) is 45.1 Å². The van der Waals surface area contributed by atoms with Gasteiger partial charge in [-0.15, -0.1) is 28.3 Å². The largest absolute Gasteiger partial charge is 0.343 e. The maximum atomic E-state index is 12.4. The Balaban J connectivity index is 2.99. The molecule has 4 nitrogen and oxygen atoms in total. The molecular weight excluding hydrogens is 305 g/mol. The van der Waals surface area contributed by atoms with Crippen molar-refractivity contribution in [3.63, 3.8) is 0 Å². The molecule has 0 aliphatic rings. The predicted octanol–water partition coefficient (Wildman–Crippen LogP) is 3.19. The van der Waals surface area contributed by atoms with Gasteiger partial charge >= 0.3 is 0 Å². The number of halogens is 2. The van der Waals surface area contributed by atoms with Gasteiger partial charge in [0.2, 0.25) is 0 Å². The molecule has 1 heterocycles. The van der Waals surface area contributed by atoms with E-state index in [1.54, 1.807) is 0 Å². The highest BCUT2D eigenvalue weighted by Crippen LogP contribution is 2.26. The van der Waals surface area contributed by atoms with Crippen LogP contribution < -0.4 is 5.32 Å². The maximum absolute atomic E-state index is 12.4. The highest BCUT2D eigenvalue weighted by atomic mass is 35.5. The van der Waals surface area contributed by atoms with E-state index < -0.39 is 5.54 Å². The van der Waals surface area contributed by atoms with Crippen LogP contribution in [0, 0.1) is 0 Å². The van der Waals surface area contributed by atoms with Crippen LogP contribution in [0.4, 0.5) is 0 Å². The molecule has 0 saturated carbocycles. The van der Waals surface area contributed by atoms with Crippen LogP contribution in [0.5, 0.6) is 0 Å². The van der Waals surface area contributed by atoms with Crippen molar-refractivity contribution < 1.29 is 4.79 Å². The number of hydrogen-bond acceptors (Lipinski definition) is 4. The van der Waals surface area contributed by atoms with Crippen LogP contribution in [0.2, 0.25) is 0 Å². The number of nitrogens with zero attached hydrogens (tertiary/aromatic N) is 2. The zero-order valence-electron chi connectivity index (χ0n) is 11.6. The molecule has 0 saturated heterocycles. The minimum atomic E-state index is -0.584. The monoisotopic (exact) mass is 323 g/mol. The summed E-state index contributed by atoms with van der Waals surface area (Å²) in [6.07, 6.45) is 0.669. The molecule has 7 heteroatoms. The summed E-state index contributed by atoms with van der Waals surface area (Å²) >= 11 is 13.0. The van der Waals surface area contributed by atoms with E-state index in [4.69, 9.17) is 23.2 Å². The number of nitrogens with one attached hydrogen (secondary N) is 1. The lowest BCUT2D eigenvalue weighted by Gasteiger charge is -2.29. The minimum Gasteiger partial charge on any atom is -0.343 e. The van der Waals surface area contributed by atoms with E-state index in [1.807, 2.05) is 27.7 Å². The Morgan fingerprint density at radius 2 is 1.89 bits per heavy atom. The molecule has 0 aliphatic carbocycles. The van der Waals surface area contributed by atoms with Gasteiger partial charge in [-0.2, -0.15) is 0 Å². The third kappa shape index (κ3) is 3.80. The fraction of sp³-hybridized carbons (Fsp3) is 0.750. The van der Waals surface area contributed by atoms with Crippen LogP contribution in [0.15, 0.2) is 0 Å². The second-order valence-electron chi connectivity index (χ2n) is 5.56. The maximum Gasteiger partial charge on any atom is 0.265 e. The average molecular weight is 324 g/mol. The van der Waals surface area contributed by atoms with E-state index in [-0.39, 0.29) is 23.1 Å². The SMILES string of the molecule is CCC(CCl)(CCl)NC(=O)c1snnc1C(C)(C)C. The highest BCUT2D eigenvalue weighted by molar-refractivity contribution is 7.08. The van der Waals surface area contributed by atoms with Crippen LogP contribution in [-0.2, 0) is 5.41 Å². The molecule has 0 aliphatic heterocycles. The van der Waals surface area contributed by atoms with Gasteiger partial charge < -0.3 is 5.32 Å². The summed E-state index contributed by atoms with van der Waals surface area (Å²) in [7, 11) is 0. The van der Waals surface area contributed by atoms with Crippen molar-refractivity contribution in [3.8, 4) is 0 Å². The minimum absolute atomic E-state index is 0.205. The second-order valence-corrected chi connectivity index (χ2v) is 6.84. The summed E-state index contributed by atoms with van der Waals surface area (Å²) in [5.74, 6) is 0.342. The van der Waals surface area contributed by atoms with E-state index >= 15 is 0 Å². The molecule has 0 aromatic carbocycles. The highest BCUT2D eigenvalue weighted by Gasteiger charge is 2.32. The molecule has 1 aromatic heterocycles. The first kappa shape index (κ1) is 16.7. The number of carbonyl (C=O) groups is 1. The zero-order valence-corrected chi connectivity index (χ0v) is 13.9. The van der Waals surface area contributed by atoms with Gasteiger partial charge in [-0.3, -0.25) is 4.79 Å². The molecule has 0 atom stereocenters. The molecule has 0 fully saturated rings. The van der Waals surface area contributed by atoms with Crippen molar-refractivity contribution in [3.05, 3.63) is 10.6 Å². The first-order chi connectivity index (χ1) is 8.79. The van der Waals surface area contributed by atoms with Gasteiger partial charge in [0.15, 0.2) is 0 Å². The van der Waals surface area contributed by atoms with Gasteiger partial charge in [0.05, 0.1) is 11.2 Å². The predicted molar refractivity (Wildman–Crippen MR) is 80.5 cm³/mol. The fourth-order valence-corrected chi connectivity index (χ4v) is 3.08. The van der Waals surface area contributed by atoms with Crippen molar-refractivity contribution in [1.29, 1.82) is 0 Å². The summed E-state index contributed by atoms with van der Waals surface area (Å²) in [6.45, 7) is 7.94. The van der Waals surface area contributed by atoms with Gasteiger partial charge in [0, 0.05) is 17.2 Å². The van der Waals surface area contributed by atoms with E-state index in [2.05, 4.69) is 14.9 Å². The van der Waals surface area contributed by atoms with Crippen LogP contribution in [0.3, 0.4) is 0 Å². The van der Waals surface area contributed by atoms with Gasteiger partial charge in [-0.05, 0) is 18.0 Å². The zero-order chi connectivity index (χ0) is 14.7. The smallest absolute Gasteiger partial charge is 0.265 e. The van der Waals surface area contributed by atoms with Crippen LogP contribution in [0.25, 0.3) is 0 Å². The molecule has 1 amide bonds. The molecule has 1 rings (SSSR count). The molecule has 19 heavy (non-hydrogen) atoms. The van der Waals surface area contributed by atoms with Crippen LogP contribution >= 0.6 is 34.7 Å². The number of carbonyl (C=O) groups excluding carboxylic acids is 1. The number of alkyl halides is 2. The van der Waals surface area contributed by atoms with Gasteiger partial charge in [0.25, 0.3) is 5.91 Å². The van der Waals surface area contributed by atoms with Gasteiger partial charge in [-0.1, -0.05) is 32.2 Å². The third-order valence-electron chi connectivity index (χ3n) is 2.97.